The molecule has 1 fully saturated rings. The zero-order valence-corrected chi connectivity index (χ0v) is 12.4. The smallest absolute Gasteiger partial charge is 0.270 e. The summed E-state index contributed by atoms with van der Waals surface area (Å²) in [6, 6.07) is 2.13. The van der Waals surface area contributed by atoms with Crippen LogP contribution in [0.1, 0.15) is 36.8 Å². The fourth-order valence-electron chi connectivity index (χ4n) is 2.37. The van der Waals surface area contributed by atoms with Crippen LogP contribution in [0.2, 0.25) is 0 Å². The first-order valence-electron chi connectivity index (χ1n) is 6.30. The van der Waals surface area contributed by atoms with Crippen LogP contribution in [0.25, 0.3) is 0 Å². The largest absolute Gasteiger partial charge is 0.396 e. The second kappa shape index (κ2) is 5.45. The van der Waals surface area contributed by atoms with E-state index in [4.69, 9.17) is 5.11 Å². The Bertz CT molecular complexity index is 442. The molecule has 0 radical (unpaired) electrons. The Kier molecular flexibility index (Phi) is 4.12. The van der Waals surface area contributed by atoms with Crippen LogP contribution in [0, 0.1) is 5.92 Å². The lowest BCUT2D eigenvalue weighted by Crippen LogP contribution is -2.31. The zero-order chi connectivity index (χ0) is 13.3. The number of halogens is 1. The van der Waals surface area contributed by atoms with Crippen LogP contribution >= 0.6 is 15.9 Å². The Morgan fingerprint density at radius 3 is 2.89 bits per heavy atom. The van der Waals surface area contributed by atoms with Gasteiger partial charge in [0, 0.05) is 42.3 Å². The molecular formula is C13H19BrN2O2. The Labute approximate surface area is 116 Å². The van der Waals surface area contributed by atoms with Crippen LogP contribution in [0.15, 0.2) is 16.7 Å². The second-order valence-corrected chi connectivity index (χ2v) is 6.05. The lowest BCUT2D eigenvalue weighted by Gasteiger charge is -2.19. The van der Waals surface area contributed by atoms with Crippen molar-refractivity contribution in [2.24, 2.45) is 5.92 Å². The Morgan fingerprint density at radius 1 is 1.61 bits per heavy atom. The van der Waals surface area contributed by atoms with E-state index in [1.165, 1.54) is 0 Å². The summed E-state index contributed by atoms with van der Waals surface area (Å²) in [6.45, 7) is 5.69. The molecule has 4 nitrogen and oxygen atoms in total. The molecule has 1 saturated heterocycles. The Balaban J connectivity index is 2.19. The summed E-state index contributed by atoms with van der Waals surface area (Å²) >= 11 is 3.42. The van der Waals surface area contributed by atoms with Crippen molar-refractivity contribution in [3.05, 3.63) is 22.4 Å². The van der Waals surface area contributed by atoms with Gasteiger partial charge in [0.15, 0.2) is 0 Å². The molecule has 0 saturated carbocycles. The van der Waals surface area contributed by atoms with E-state index in [1.807, 2.05) is 21.7 Å². The van der Waals surface area contributed by atoms with E-state index in [0.717, 1.165) is 23.1 Å². The first-order chi connectivity index (χ1) is 8.52. The van der Waals surface area contributed by atoms with Crippen molar-refractivity contribution in [1.29, 1.82) is 0 Å². The number of aliphatic hydroxyl groups is 1. The van der Waals surface area contributed by atoms with Crippen LogP contribution in [0.4, 0.5) is 0 Å². The number of hydrogen-bond acceptors (Lipinski definition) is 2. The maximum Gasteiger partial charge on any atom is 0.270 e. The van der Waals surface area contributed by atoms with Crippen LogP contribution in [-0.4, -0.2) is 40.2 Å². The Morgan fingerprint density at radius 2 is 2.33 bits per heavy atom. The van der Waals surface area contributed by atoms with Gasteiger partial charge in [0.1, 0.15) is 5.69 Å². The molecule has 2 rings (SSSR count). The number of amides is 1. The van der Waals surface area contributed by atoms with Gasteiger partial charge in [0.25, 0.3) is 5.91 Å². The predicted molar refractivity (Wildman–Crippen MR) is 73.6 cm³/mol. The highest BCUT2D eigenvalue weighted by molar-refractivity contribution is 9.10. The van der Waals surface area contributed by atoms with Gasteiger partial charge in [-0.05, 0) is 42.3 Å². The molecular weight excluding hydrogens is 296 g/mol. The SMILES string of the molecule is CC(C)n1cc(Br)cc1C(=O)N1CCC(CO)C1. The van der Waals surface area contributed by atoms with Crippen molar-refractivity contribution < 1.29 is 9.90 Å². The van der Waals surface area contributed by atoms with Gasteiger partial charge >= 0.3 is 0 Å². The summed E-state index contributed by atoms with van der Waals surface area (Å²) in [5.41, 5.74) is 0.718. The average Bonchev–Trinajstić information content (AvgIpc) is 2.94. The van der Waals surface area contributed by atoms with Crippen molar-refractivity contribution in [3.8, 4) is 0 Å². The van der Waals surface area contributed by atoms with Crippen molar-refractivity contribution in [2.75, 3.05) is 19.7 Å². The molecule has 1 aliphatic heterocycles. The second-order valence-electron chi connectivity index (χ2n) is 5.13. The molecule has 1 unspecified atom stereocenters. The molecule has 1 atom stereocenters. The molecule has 1 aromatic rings. The molecule has 0 aliphatic carbocycles. The van der Waals surface area contributed by atoms with Gasteiger partial charge in [-0.3, -0.25) is 4.79 Å². The molecule has 1 amide bonds. The van der Waals surface area contributed by atoms with E-state index >= 15 is 0 Å². The fourth-order valence-corrected chi connectivity index (χ4v) is 2.81. The van der Waals surface area contributed by atoms with Crippen LogP contribution in [-0.2, 0) is 0 Å². The number of nitrogens with zero attached hydrogens (tertiary/aromatic N) is 2. The minimum absolute atomic E-state index is 0.0605. The van der Waals surface area contributed by atoms with Crippen LogP contribution in [0.5, 0.6) is 0 Å². The van der Waals surface area contributed by atoms with Gasteiger partial charge in [0.05, 0.1) is 0 Å². The van der Waals surface area contributed by atoms with Crippen molar-refractivity contribution in [1.82, 2.24) is 9.47 Å². The summed E-state index contributed by atoms with van der Waals surface area (Å²) in [5, 5.41) is 9.13. The van der Waals surface area contributed by atoms with Gasteiger partial charge in [-0.25, -0.2) is 0 Å². The van der Waals surface area contributed by atoms with Gasteiger partial charge in [0.2, 0.25) is 0 Å². The lowest BCUT2D eigenvalue weighted by molar-refractivity contribution is 0.0769. The summed E-state index contributed by atoms with van der Waals surface area (Å²) in [6.07, 6.45) is 2.84. The lowest BCUT2D eigenvalue weighted by atomic mass is 10.1. The molecule has 18 heavy (non-hydrogen) atoms. The average molecular weight is 315 g/mol. The summed E-state index contributed by atoms with van der Waals surface area (Å²) in [7, 11) is 0. The molecule has 100 valence electrons. The van der Waals surface area contributed by atoms with E-state index in [-0.39, 0.29) is 24.5 Å². The third-order valence-electron chi connectivity index (χ3n) is 3.42. The highest BCUT2D eigenvalue weighted by Gasteiger charge is 2.28. The van der Waals surface area contributed by atoms with E-state index < -0.39 is 0 Å². The third kappa shape index (κ3) is 2.62. The van der Waals surface area contributed by atoms with Gasteiger partial charge in [-0.15, -0.1) is 0 Å². The van der Waals surface area contributed by atoms with Crippen molar-refractivity contribution in [3.63, 3.8) is 0 Å². The topological polar surface area (TPSA) is 45.5 Å². The minimum Gasteiger partial charge on any atom is -0.396 e. The summed E-state index contributed by atoms with van der Waals surface area (Å²) in [5.74, 6) is 0.296. The number of aromatic nitrogens is 1. The number of likely N-dealkylation sites (tertiary alicyclic amines) is 1. The monoisotopic (exact) mass is 314 g/mol. The van der Waals surface area contributed by atoms with E-state index in [2.05, 4.69) is 29.8 Å². The Hall–Kier alpha value is -0.810. The standard InChI is InChI=1S/C13H19BrN2O2/c1-9(2)16-7-11(14)5-12(16)13(18)15-4-3-10(6-15)8-17/h5,7,9-10,17H,3-4,6,8H2,1-2H3. The van der Waals surface area contributed by atoms with Gasteiger partial charge in [-0.1, -0.05) is 0 Å². The van der Waals surface area contributed by atoms with E-state index in [0.29, 0.717) is 6.54 Å². The van der Waals surface area contributed by atoms with Crippen molar-refractivity contribution in [2.45, 2.75) is 26.3 Å². The maximum absolute atomic E-state index is 12.4. The first-order valence-corrected chi connectivity index (χ1v) is 7.09. The van der Waals surface area contributed by atoms with Gasteiger partial charge in [-0.2, -0.15) is 0 Å². The highest BCUT2D eigenvalue weighted by atomic mass is 79.9. The maximum atomic E-state index is 12.4. The third-order valence-corrected chi connectivity index (χ3v) is 3.86. The number of aliphatic hydroxyl groups excluding tert-OH is 1. The number of carbonyl (C=O) groups is 1. The molecule has 2 heterocycles. The minimum atomic E-state index is 0.0605. The normalized spacial score (nSPS) is 19.8. The summed E-state index contributed by atoms with van der Waals surface area (Å²) in [4.78, 5) is 14.3. The van der Waals surface area contributed by atoms with Crippen LogP contribution in [0.3, 0.4) is 0 Å². The van der Waals surface area contributed by atoms with Gasteiger partial charge < -0.3 is 14.6 Å². The molecule has 5 heteroatoms. The van der Waals surface area contributed by atoms with Crippen molar-refractivity contribution >= 4 is 21.8 Å². The number of carbonyl (C=O) groups excluding carboxylic acids is 1. The summed E-state index contributed by atoms with van der Waals surface area (Å²) < 4.78 is 2.91. The zero-order valence-electron chi connectivity index (χ0n) is 10.8. The highest BCUT2D eigenvalue weighted by Crippen LogP contribution is 2.23. The quantitative estimate of drug-likeness (QED) is 0.930. The fraction of sp³-hybridized carbons (Fsp3) is 0.615. The van der Waals surface area contributed by atoms with E-state index in [1.54, 1.807) is 0 Å². The molecule has 1 N–H and O–H groups in total. The number of rotatable bonds is 3. The first kappa shape index (κ1) is 13.6. The molecule has 0 aromatic carbocycles. The number of hydrogen-bond donors (Lipinski definition) is 1. The van der Waals surface area contributed by atoms with Crippen LogP contribution < -0.4 is 0 Å². The predicted octanol–water partition coefficient (Wildman–Crippen LogP) is 2.29. The molecule has 0 bridgehead atoms. The molecule has 1 aliphatic rings. The molecule has 1 aromatic heterocycles. The van der Waals surface area contributed by atoms with E-state index in [9.17, 15) is 4.79 Å². The molecule has 0 spiro atoms.